The minimum atomic E-state index is -0.863. The highest BCUT2D eigenvalue weighted by Gasteiger charge is 2.34. The number of carbonyl (C=O) groups excluding carboxylic acids is 1. The fourth-order valence-corrected chi connectivity index (χ4v) is 3.52. The molecule has 1 aromatic carbocycles. The second-order valence-electron chi connectivity index (χ2n) is 5.82. The molecule has 0 N–H and O–H groups in total. The quantitative estimate of drug-likeness (QED) is 0.284. The number of thioether (sulfide) groups is 1. The first-order valence-electron chi connectivity index (χ1n) is 8.43. The number of nitro benzene ring substituents is 2. The molecule has 0 fully saturated rings. The number of nitro groups is 2. The lowest BCUT2D eigenvalue weighted by molar-refractivity contribution is -0.399. The van der Waals surface area contributed by atoms with Gasteiger partial charge in [-0.05, 0) is 6.42 Å². The summed E-state index contributed by atoms with van der Waals surface area (Å²) in [5.74, 6) is -0.526. The lowest BCUT2D eigenvalue weighted by Crippen LogP contribution is -2.25. The summed E-state index contributed by atoms with van der Waals surface area (Å²) in [5, 5.41) is 23.4. The normalized spacial score (nSPS) is 16.8. The Balaban J connectivity index is 2.00. The molecule has 0 saturated heterocycles. The molecule has 0 saturated carbocycles. The second kappa shape index (κ2) is 8.68. The van der Waals surface area contributed by atoms with Crippen molar-refractivity contribution in [3.8, 4) is 0 Å². The molecule has 0 bridgehead atoms. The van der Waals surface area contributed by atoms with Crippen molar-refractivity contribution in [3.63, 3.8) is 0 Å². The topological polar surface area (TPSA) is 162 Å². The predicted molar refractivity (Wildman–Crippen MR) is 106 cm³/mol. The molecule has 0 spiro atoms. The highest BCUT2D eigenvalue weighted by molar-refractivity contribution is 8.14. The van der Waals surface area contributed by atoms with Gasteiger partial charge in [0.25, 0.3) is 11.4 Å². The number of amidine groups is 1. The van der Waals surface area contributed by atoms with Crippen LogP contribution in [-0.2, 0) is 4.74 Å². The van der Waals surface area contributed by atoms with Gasteiger partial charge in [-0.15, -0.1) is 0 Å². The second-order valence-corrected chi connectivity index (χ2v) is 6.85. The Morgan fingerprint density at radius 3 is 2.48 bits per heavy atom. The number of benzene rings is 1. The minimum Gasteiger partial charge on any atom is -0.462 e. The van der Waals surface area contributed by atoms with Crippen LogP contribution in [0.2, 0.25) is 0 Å². The first kappa shape index (κ1) is 20.3. The largest absolute Gasteiger partial charge is 0.462 e. The fourth-order valence-electron chi connectivity index (χ4n) is 2.46. The van der Waals surface area contributed by atoms with E-state index < -0.39 is 33.2 Å². The number of nitrogens with zero attached hydrogens (tertiary/aromatic N) is 6. The summed E-state index contributed by atoms with van der Waals surface area (Å²) < 4.78 is 5.02. The number of fused-ring (bicyclic) bond motifs is 1. The number of carbonyl (C=O) groups is 1. The van der Waals surface area contributed by atoms with Gasteiger partial charge in [0, 0.05) is 12.1 Å². The van der Waals surface area contributed by atoms with Crippen molar-refractivity contribution in [2.75, 3.05) is 6.61 Å². The van der Waals surface area contributed by atoms with E-state index >= 15 is 0 Å². The summed E-state index contributed by atoms with van der Waals surface area (Å²) in [5.41, 5.74) is -1.47. The highest BCUT2D eigenvalue weighted by Crippen LogP contribution is 2.40. The van der Waals surface area contributed by atoms with E-state index in [4.69, 9.17) is 4.74 Å². The van der Waals surface area contributed by atoms with E-state index in [1.165, 1.54) is 12.7 Å². The zero-order valence-corrected chi connectivity index (χ0v) is 15.9. The average molecular weight is 418 g/mol. The van der Waals surface area contributed by atoms with Crippen molar-refractivity contribution < 1.29 is 19.4 Å². The third-order valence-electron chi connectivity index (χ3n) is 3.88. The van der Waals surface area contributed by atoms with Crippen LogP contribution < -0.4 is 0 Å². The van der Waals surface area contributed by atoms with E-state index in [1.54, 1.807) is 0 Å². The molecule has 2 aliphatic rings. The zero-order valence-electron chi connectivity index (χ0n) is 15.0. The van der Waals surface area contributed by atoms with Gasteiger partial charge in [-0.2, -0.15) is 0 Å². The molecule has 0 aromatic heterocycles. The van der Waals surface area contributed by atoms with Gasteiger partial charge in [0.2, 0.25) is 0 Å². The average Bonchev–Trinajstić information content (AvgIpc) is 3.17. The number of aliphatic imine (C=N–C) groups is 4. The molecule has 0 aliphatic carbocycles. The van der Waals surface area contributed by atoms with Crippen LogP contribution in [0.1, 0.15) is 30.1 Å². The first-order valence-corrected chi connectivity index (χ1v) is 9.25. The number of rotatable bonds is 7. The maximum atomic E-state index is 12.2. The van der Waals surface area contributed by atoms with Crippen molar-refractivity contribution in [1.82, 2.24) is 0 Å². The van der Waals surface area contributed by atoms with Gasteiger partial charge in [0.1, 0.15) is 17.7 Å². The van der Waals surface area contributed by atoms with Gasteiger partial charge < -0.3 is 4.74 Å². The Morgan fingerprint density at radius 1 is 1.17 bits per heavy atom. The summed E-state index contributed by atoms with van der Waals surface area (Å²) in [7, 11) is 0. The Labute approximate surface area is 167 Å². The molecule has 1 aromatic rings. The summed E-state index contributed by atoms with van der Waals surface area (Å²) in [4.78, 5) is 49.5. The van der Waals surface area contributed by atoms with Crippen LogP contribution in [0.25, 0.3) is 0 Å². The van der Waals surface area contributed by atoms with Gasteiger partial charge in [-0.3, -0.25) is 25.2 Å². The van der Waals surface area contributed by atoms with E-state index in [2.05, 4.69) is 20.0 Å². The number of hydrogen-bond acceptors (Lipinski definition) is 11. The molecule has 0 radical (unpaired) electrons. The Hall–Kier alpha value is -3.48. The van der Waals surface area contributed by atoms with E-state index in [0.717, 1.165) is 30.3 Å². The fraction of sp³-hybridized carbons (Fsp3) is 0.312. The molecular weight excluding hydrogens is 404 g/mol. The monoisotopic (exact) mass is 418 g/mol. The van der Waals surface area contributed by atoms with Crippen molar-refractivity contribution in [1.29, 1.82) is 0 Å². The van der Waals surface area contributed by atoms with Crippen LogP contribution in [0.4, 0.5) is 11.4 Å². The van der Waals surface area contributed by atoms with E-state index in [-0.39, 0.29) is 22.1 Å². The van der Waals surface area contributed by atoms with Gasteiger partial charge in [-0.1, -0.05) is 25.1 Å². The van der Waals surface area contributed by atoms with Crippen LogP contribution in [0.3, 0.4) is 0 Å². The Bertz CT molecular complexity index is 967. The van der Waals surface area contributed by atoms with Crippen LogP contribution in [-0.4, -0.2) is 52.0 Å². The van der Waals surface area contributed by atoms with Gasteiger partial charge in [0.05, 0.1) is 22.0 Å². The van der Waals surface area contributed by atoms with E-state index in [1.807, 2.05) is 6.92 Å². The zero-order chi connectivity index (χ0) is 21.0. The smallest absolute Gasteiger partial charge is 0.338 e. The summed E-state index contributed by atoms with van der Waals surface area (Å²) in [6.45, 7) is 2.02. The Morgan fingerprint density at radius 2 is 1.86 bits per heavy atom. The molecule has 12 nitrogen and oxygen atoms in total. The highest BCUT2D eigenvalue weighted by atomic mass is 32.2. The first-order chi connectivity index (χ1) is 13.9. The lowest BCUT2D eigenvalue weighted by atomic mass is 10.1. The van der Waals surface area contributed by atoms with Gasteiger partial charge in [-0.25, -0.2) is 19.8 Å². The van der Waals surface area contributed by atoms with E-state index in [9.17, 15) is 25.0 Å². The van der Waals surface area contributed by atoms with Crippen molar-refractivity contribution in [3.05, 3.63) is 37.9 Å². The van der Waals surface area contributed by atoms with Crippen LogP contribution in [0.15, 0.2) is 37.0 Å². The molecule has 29 heavy (non-hydrogen) atoms. The molecule has 1 unspecified atom stereocenters. The molecule has 2 aliphatic heterocycles. The van der Waals surface area contributed by atoms with E-state index in [0.29, 0.717) is 12.3 Å². The molecule has 1 atom stereocenters. The predicted octanol–water partition coefficient (Wildman–Crippen LogP) is 2.80. The maximum absolute atomic E-state index is 12.2. The third kappa shape index (κ3) is 4.34. The van der Waals surface area contributed by atoms with Crippen molar-refractivity contribution in [2.45, 2.75) is 30.7 Å². The lowest BCUT2D eigenvalue weighted by Gasteiger charge is -2.14. The molecule has 3 rings (SSSR count). The number of hydrogen-bond donors (Lipinski definition) is 0. The van der Waals surface area contributed by atoms with Crippen molar-refractivity contribution in [2.24, 2.45) is 20.0 Å². The summed E-state index contributed by atoms with van der Waals surface area (Å²) >= 11 is 0.721. The third-order valence-corrected chi connectivity index (χ3v) is 5.04. The summed E-state index contributed by atoms with van der Waals surface area (Å²) in [6, 6.07) is 1.25. The van der Waals surface area contributed by atoms with Crippen LogP contribution in [0.5, 0.6) is 0 Å². The number of unbranched alkanes of at least 4 members (excludes halogenated alkanes) is 1. The van der Waals surface area contributed by atoms with Crippen molar-refractivity contribution >= 4 is 52.7 Å². The SMILES string of the molecule is CCCCOC(=O)c1cc([N+](=O)[O-])c(SC2=NC=NC3=NC=NC32)c([N+](=O)[O-])c1. The molecule has 150 valence electrons. The Kier molecular flexibility index (Phi) is 6.07. The van der Waals surface area contributed by atoms with Crippen LogP contribution >= 0.6 is 11.8 Å². The number of ether oxygens (including phenoxy) is 1. The summed E-state index contributed by atoms with van der Waals surface area (Å²) in [6.07, 6.45) is 3.86. The molecular formula is C16H14N6O6S. The van der Waals surface area contributed by atoms with Gasteiger partial charge >= 0.3 is 5.97 Å². The van der Waals surface area contributed by atoms with Crippen LogP contribution in [0, 0.1) is 20.2 Å². The molecule has 2 heterocycles. The standard InChI is InChI=1S/C16H14N6O6S/c1-2-3-4-28-16(23)9-5-10(21(24)25)13(11(6-9)22(26)27)29-15-12-14(18-7-17-12)19-8-20-15/h5-8,12H,2-4H2,1H3. The number of esters is 1. The maximum Gasteiger partial charge on any atom is 0.338 e. The van der Waals surface area contributed by atoms with Gasteiger partial charge in [0.15, 0.2) is 16.8 Å². The molecule has 0 amide bonds. The molecule has 13 heteroatoms. The minimum absolute atomic E-state index is 0.116.